The molecule has 0 radical (unpaired) electrons. The Bertz CT molecular complexity index is 2740. The molecule has 270 valence electrons. The van der Waals surface area contributed by atoms with Gasteiger partial charge in [0.15, 0.2) is 6.20 Å². The zero-order valence-corrected chi connectivity index (χ0v) is 29.9. The molecule has 0 unspecified atom stereocenters. The molecular formula is C40H34NO10S2+. The molecule has 7 rings (SSSR count). The van der Waals surface area contributed by atoms with E-state index in [1.807, 2.05) is 60.3 Å². The van der Waals surface area contributed by atoms with Gasteiger partial charge in [0.1, 0.15) is 30.0 Å². The standard InChI is InChI=1S/C40H33NO10S2/c1-41-12-11-24(35-7-2-3-8-36(35)41)10-9-23-13-27-15-25-5-4-6-26(37(25)42)16-29-19-33(52(46,47)48)21-31(39(29)44)18-32-22-34(53(49,50)51)20-30(40(32)45)17-28(14-23)38(27)43/h2-14,19-22H,15-18H2,1H3,(H5,42,44,45,46,47,48,49,50,51)/p+1. The van der Waals surface area contributed by atoms with Crippen LogP contribution in [0.15, 0.2) is 101 Å². The van der Waals surface area contributed by atoms with Gasteiger partial charge >= 0.3 is 0 Å². The first-order valence-corrected chi connectivity index (χ1v) is 19.3. The molecule has 11 nitrogen and oxygen atoms in total. The lowest BCUT2D eigenvalue weighted by molar-refractivity contribution is -0.644. The van der Waals surface area contributed by atoms with Crippen LogP contribution in [-0.4, -0.2) is 46.4 Å². The molecule has 1 aromatic heterocycles. The Labute approximate surface area is 305 Å². The van der Waals surface area contributed by atoms with Crippen LogP contribution >= 0.6 is 0 Å². The largest absolute Gasteiger partial charge is 0.507 e. The number of phenols is 4. The van der Waals surface area contributed by atoms with Gasteiger partial charge in [0.2, 0.25) is 5.52 Å². The van der Waals surface area contributed by atoms with Crippen LogP contribution in [-0.2, 0) is 53.0 Å². The van der Waals surface area contributed by atoms with Crippen molar-refractivity contribution in [2.75, 3.05) is 0 Å². The first-order chi connectivity index (χ1) is 25.1. The van der Waals surface area contributed by atoms with E-state index in [2.05, 4.69) is 0 Å². The number of nitrogens with zero attached hydrogens (tertiary/aromatic N) is 1. The number of para-hydroxylation sites is 2. The minimum atomic E-state index is -4.84. The third-order valence-corrected chi connectivity index (χ3v) is 11.3. The lowest BCUT2D eigenvalue weighted by atomic mass is 9.90. The third-order valence-electron chi connectivity index (χ3n) is 9.62. The molecule has 5 aromatic carbocycles. The normalized spacial score (nSPS) is 13.4. The van der Waals surface area contributed by atoms with Crippen LogP contribution in [0.4, 0.5) is 0 Å². The summed E-state index contributed by atoms with van der Waals surface area (Å²) in [6.45, 7) is 0. The lowest BCUT2D eigenvalue weighted by Gasteiger charge is -2.18. The number of benzene rings is 5. The number of aromatic hydroxyl groups is 4. The van der Waals surface area contributed by atoms with E-state index in [0.29, 0.717) is 27.8 Å². The molecular weight excluding hydrogens is 719 g/mol. The highest BCUT2D eigenvalue weighted by Gasteiger charge is 2.24. The predicted molar refractivity (Wildman–Crippen MR) is 197 cm³/mol. The molecule has 1 aliphatic rings. The number of hydrogen-bond acceptors (Lipinski definition) is 8. The number of pyridine rings is 1. The maximum absolute atomic E-state index is 12.5. The van der Waals surface area contributed by atoms with E-state index in [1.54, 1.807) is 30.3 Å². The Morgan fingerprint density at radius 2 is 0.943 bits per heavy atom. The van der Waals surface area contributed by atoms with E-state index in [9.17, 15) is 46.4 Å². The Balaban J connectivity index is 1.46. The molecule has 13 heteroatoms. The molecule has 0 atom stereocenters. The summed E-state index contributed by atoms with van der Waals surface area (Å²) >= 11 is 0. The van der Waals surface area contributed by atoms with E-state index >= 15 is 0 Å². The lowest BCUT2D eigenvalue weighted by Crippen LogP contribution is -2.28. The highest BCUT2D eigenvalue weighted by Crippen LogP contribution is 2.40. The first-order valence-electron chi connectivity index (χ1n) is 16.4. The van der Waals surface area contributed by atoms with Gasteiger partial charge in [0, 0.05) is 60.1 Å². The second-order valence-electron chi connectivity index (χ2n) is 13.2. The summed E-state index contributed by atoms with van der Waals surface area (Å²) in [4.78, 5) is -1.15. The van der Waals surface area contributed by atoms with Gasteiger partial charge in [-0.15, -0.1) is 0 Å². The predicted octanol–water partition coefficient (Wildman–Crippen LogP) is 5.83. The van der Waals surface area contributed by atoms with Crippen molar-refractivity contribution in [1.82, 2.24) is 0 Å². The van der Waals surface area contributed by atoms with Gasteiger partial charge in [-0.3, -0.25) is 9.11 Å². The van der Waals surface area contributed by atoms with Gasteiger partial charge in [-0.25, -0.2) is 4.57 Å². The molecule has 0 spiro atoms. The average molecular weight is 753 g/mol. The maximum atomic E-state index is 12.5. The van der Waals surface area contributed by atoms with Crippen LogP contribution < -0.4 is 4.57 Å². The average Bonchev–Trinajstić information content (AvgIpc) is 3.10. The van der Waals surface area contributed by atoms with Crippen molar-refractivity contribution in [3.63, 3.8) is 0 Å². The van der Waals surface area contributed by atoms with Crippen molar-refractivity contribution >= 4 is 43.3 Å². The van der Waals surface area contributed by atoms with Crippen LogP contribution in [0, 0.1) is 0 Å². The van der Waals surface area contributed by atoms with Gasteiger partial charge in [0.25, 0.3) is 20.2 Å². The summed E-state index contributed by atoms with van der Waals surface area (Å²) in [5.74, 6) is -1.14. The van der Waals surface area contributed by atoms with Crippen LogP contribution in [0.2, 0.25) is 0 Å². The van der Waals surface area contributed by atoms with E-state index < -0.39 is 47.9 Å². The molecule has 53 heavy (non-hydrogen) atoms. The molecule has 0 amide bonds. The highest BCUT2D eigenvalue weighted by atomic mass is 32.2. The maximum Gasteiger partial charge on any atom is 0.294 e. The summed E-state index contributed by atoms with van der Waals surface area (Å²) in [6.07, 6.45) is 4.93. The van der Waals surface area contributed by atoms with Crippen LogP contribution in [0.3, 0.4) is 0 Å². The van der Waals surface area contributed by atoms with Gasteiger partial charge in [-0.1, -0.05) is 42.5 Å². The molecule has 1 heterocycles. The molecule has 6 N–H and O–H groups in total. The zero-order valence-electron chi connectivity index (χ0n) is 28.2. The second kappa shape index (κ2) is 13.4. The number of phenolic OH excluding ortho intramolecular Hbond substituents is 4. The molecule has 0 saturated carbocycles. The summed E-state index contributed by atoms with van der Waals surface area (Å²) in [5.41, 5.74) is 3.84. The molecule has 0 saturated heterocycles. The number of aryl methyl sites for hydroxylation is 1. The van der Waals surface area contributed by atoms with Gasteiger partial charge in [0.05, 0.1) is 15.2 Å². The number of rotatable bonds is 4. The highest BCUT2D eigenvalue weighted by molar-refractivity contribution is 7.86. The van der Waals surface area contributed by atoms with Crippen molar-refractivity contribution in [3.8, 4) is 23.0 Å². The molecule has 0 aliphatic heterocycles. The minimum absolute atomic E-state index is 0.00152. The minimum Gasteiger partial charge on any atom is -0.507 e. The second-order valence-corrected chi connectivity index (χ2v) is 16.0. The summed E-state index contributed by atoms with van der Waals surface area (Å²) in [5, 5.41) is 47.1. The fourth-order valence-corrected chi connectivity index (χ4v) is 8.08. The van der Waals surface area contributed by atoms with Crippen molar-refractivity contribution in [3.05, 3.63) is 147 Å². The Morgan fingerprint density at radius 1 is 0.528 bits per heavy atom. The zero-order chi connectivity index (χ0) is 37.8. The van der Waals surface area contributed by atoms with Crippen LogP contribution in [0.25, 0.3) is 23.1 Å². The Morgan fingerprint density at radius 3 is 1.42 bits per heavy atom. The van der Waals surface area contributed by atoms with E-state index in [4.69, 9.17) is 0 Å². The summed E-state index contributed by atoms with van der Waals surface area (Å²) < 4.78 is 71.6. The van der Waals surface area contributed by atoms with Crippen molar-refractivity contribution in [2.45, 2.75) is 35.5 Å². The van der Waals surface area contributed by atoms with Crippen molar-refractivity contribution < 1.29 is 50.9 Å². The molecule has 8 bridgehead atoms. The SMILES string of the molecule is C[n+]1ccc(/C=C/c2cc3c(O)c(c2)Cc2cc(S(=O)(=O)O)cc(c2O)Cc2cc(S(=O)(=O)O)cc(c2O)Cc2cccc(c2O)C3)c2ccccc21. The fourth-order valence-electron chi connectivity index (χ4n) is 6.92. The topological polar surface area (TPSA) is 194 Å². The summed E-state index contributed by atoms with van der Waals surface area (Å²) in [6, 6.07) is 22.4. The Hall–Kier alpha value is -5.73. The van der Waals surface area contributed by atoms with Gasteiger partial charge in [-0.05, 0) is 75.8 Å². The van der Waals surface area contributed by atoms with Crippen LogP contribution in [0.5, 0.6) is 23.0 Å². The molecule has 1 aliphatic carbocycles. The number of fused-ring (bicyclic) bond motifs is 9. The van der Waals surface area contributed by atoms with Gasteiger partial charge < -0.3 is 20.4 Å². The van der Waals surface area contributed by atoms with E-state index in [-0.39, 0.29) is 53.0 Å². The molecule has 0 fully saturated rings. The monoisotopic (exact) mass is 752 g/mol. The molecule has 6 aromatic rings. The van der Waals surface area contributed by atoms with E-state index in [1.165, 1.54) is 0 Å². The smallest absolute Gasteiger partial charge is 0.294 e. The van der Waals surface area contributed by atoms with Crippen molar-refractivity contribution in [2.24, 2.45) is 7.05 Å². The van der Waals surface area contributed by atoms with E-state index in [0.717, 1.165) is 40.7 Å². The van der Waals surface area contributed by atoms with Crippen molar-refractivity contribution in [1.29, 1.82) is 0 Å². The Kier molecular flexibility index (Phi) is 8.98. The van der Waals surface area contributed by atoms with Gasteiger partial charge in [-0.2, -0.15) is 16.8 Å². The summed E-state index contributed by atoms with van der Waals surface area (Å²) in [7, 11) is -7.69. The quantitative estimate of drug-likeness (QED) is 0.0942. The van der Waals surface area contributed by atoms with Crippen LogP contribution in [0.1, 0.15) is 55.6 Å². The third kappa shape index (κ3) is 7.07. The number of hydrogen-bond donors (Lipinski definition) is 6. The number of aromatic nitrogens is 1. The fraction of sp³-hybridized carbons (Fsp3) is 0.125. The first kappa shape index (κ1) is 35.7.